The molecule has 5 nitrogen and oxygen atoms in total. The lowest BCUT2D eigenvalue weighted by Gasteiger charge is -2.36. The second-order valence-electron chi connectivity index (χ2n) is 5.57. The molecule has 0 amide bonds. The minimum atomic E-state index is -2.81. The Kier molecular flexibility index (Phi) is 4.64. The molecule has 2 saturated heterocycles. The molecule has 0 spiro atoms. The Morgan fingerprint density at radius 3 is 2.56 bits per heavy atom. The van der Waals surface area contributed by atoms with Crippen molar-refractivity contribution in [1.29, 1.82) is 0 Å². The highest BCUT2D eigenvalue weighted by molar-refractivity contribution is 7.91. The van der Waals surface area contributed by atoms with E-state index in [-0.39, 0.29) is 24.0 Å². The molecule has 0 aromatic carbocycles. The number of nitrogens with zero attached hydrogens (tertiary/aromatic N) is 1. The van der Waals surface area contributed by atoms with Crippen LogP contribution in [0.5, 0.6) is 0 Å². The molecular weight excluding hydrogens is 252 g/mol. The summed E-state index contributed by atoms with van der Waals surface area (Å²) in [5.74, 6) is 0.581. The van der Waals surface area contributed by atoms with E-state index in [0.29, 0.717) is 12.3 Å². The molecule has 0 aromatic rings. The van der Waals surface area contributed by atoms with Crippen LogP contribution in [-0.2, 0) is 14.6 Å². The van der Waals surface area contributed by atoms with E-state index in [2.05, 4.69) is 24.1 Å². The molecule has 0 aliphatic carbocycles. The minimum absolute atomic E-state index is 0.122. The van der Waals surface area contributed by atoms with E-state index in [1.165, 1.54) is 0 Å². The van der Waals surface area contributed by atoms with Gasteiger partial charge in [-0.15, -0.1) is 0 Å². The molecule has 3 atom stereocenters. The topological polar surface area (TPSA) is 58.6 Å². The molecule has 18 heavy (non-hydrogen) atoms. The van der Waals surface area contributed by atoms with Gasteiger partial charge in [-0.3, -0.25) is 4.90 Å². The lowest BCUT2D eigenvalue weighted by atomic mass is 10.2. The second-order valence-corrected chi connectivity index (χ2v) is 7.80. The first-order chi connectivity index (χ1) is 8.44. The third kappa shape index (κ3) is 4.19. The van der Waals surface area contributed by atoms with Crippen molar-refractivity contribution in [1.82, 2.24) is 10.2 Å². The number of sulfone groups is 1. The summed E-state index contributed by atoms with van der Waals surface area (Å²) < 4.78 is 28.8. The van der Waals surface area contributed by atoms with Crippen molar-refractivity contribution in [2.24, 2.45) is 0 Å². The second kappa shape index (κ2) is 5.86. The normalized spacial score (nSPS) is 37.6. The van der Waals surface area contributed by atoms with Crippen molar-refractivity contribution in [2.75, 3.05) is 37.7 Å². The van der Waals surface area contributed by atoms with Crippen molar-refractivity contribution in [3.63, 3.8) is 0 Å². The number of morpholine rings is 1. The summed E-state index contributed by atoms with van der Waals surface area (Å²) in [6.07, 6.45) is 1.45. The maximum Gasteiger partial charge on any atom is 0.153 e. The molecule has 1 N–H and O–H groups in total. The Hall–Kier alpha value is -0.170. The van der Waals surface area contributed by atoms with Crippen molar-refractivity contribution in [2.45, 2.75) is 38.5 Å². The van der Waals surface area contributed by atoms with Crippen molar-refractivity contribution in [3.8, 4) is 0 Å². The number of rotatable bonds is 3. The third-order valence-electron chi connectivity index (χ3n) is 3.59. The maximum atomic E-state index is 11.5. The average molecular weight is 276 g/mol. The van der Waals surface area contributed by atoms with Gasteiger partial charge in [0.15, 0.2) is 9.84 Å². The highest BCUT2D eigenvalue weighted by atomic mass is 32.2. The highest BCUT2D eigenvalue weighted by Gasteiger charge is 2.26. The maximum absolute atomic E-state index is 11.5. The quantitative estimate of drug-likeness (QED) is 0.778. The number of hydrogen-bond donors (Lipinski definition) is 1. The number of nitrogens with one attached hydrogen (secondary N) is 1. The summed E-state index contributed by atoms with van der Waals surface area (Å²) in [5.41, 5.74) is 0. The van der Waals surface area contributed by atoms with Gasteiger partial charge in [0.2, 0.25) is 0 Å². The van der Waals surface area contributed by atoms with Crippen LogP contribution in [0, 0.1) is 0 Å². The molecular formula is C12H24N2O3S. The summed E-state index contributed by atoms with van der Waals surface area (Å²) in [5, 5.41) is 3.30. The molecule has 2 heterocycles. The smallest absolute Gasteiger partial charge is 0.153 e. The first-order valence-electron chi connectivity index (χ1n) is 6.76. The van der Waals surface area contributed by atoms with Crippen LogP contribution in [0.25, 0.3) is 0 Å². The fraction of sp³-hybridized carbons (Fsp3) is 1.00. The summed E-state index contributed by atoms with van der Waals surface area (Å²) in [6.45, 7) is 7.62. The van der Waals surface area contributed by atoms with Crippen molar-refractivity contribution in [3.05, 3.63) is 0 Å². The molecule has 6 heteroatoms. The lowest BCUT2D eigenvalue weighted by molar-refractivity contribution is -0.0684. The molecule has 2 aliphatic rings. The van der Waals surface area contributed by atoms with Gasteiger partial charge < -0.3 is 10.1 Å². The lowest BCUT2D eigenvalue weighted by Crippen LogP contribution is -2.49. The van der Waals surface area contributed by atoms with E-state index >= 15 is 0 Å². The molecule has 106 valence electrons. The predicted octanol–water partition coefficient (Wildman–Crippen LogP) is -0.128. The Balaban J connectivity index is 1.77. The predicted molar refractivity (Wildman–Crippen MR) is 71.5 cm³/mol. The van der Waals surface area contributed by atoms with E-state index in [9.17, 15) is 8.42 Å². The molecule has 0 saturated carbocycles. The van der Waals surface area contributed by atoms with E-state index in [0.717, 1.165) is 26.1 Å². The molecule has 3 unspecified atom stereocenters. The van der Waals surface area contributed by atoms with Crippen LogP contribution in [0.15, 0.2) is 0 Å². The molecule has 2 aliphatic heterocycles. The Bertz CT molecular complexity index is 362. The molecule has 2 rings (SSSR count). The van der Waals surface area contributed by atoms with Gasteiger partial charge in [-0.05, 0) is 26.8 Å². The monoisotopic (exact) mass is 276 g/mol. The Morgan fingerprint density at radius 1 is 1.28 bits per heavy atom. The third-order valence-corrected chi connectivity index (χ3v) is 5.33. The average Bonchev–Trinajstić information content (AvgIpc) is 2.24. The summed E-state index contributed by atoms with van der Waals surface area (Å²) >= 11 is 0. The fourth-order valence-corrected chi connectivity index (χ4v) is 4.35. The van der Waals surface area contributed by atoms with Gasteiger partial charge in [-0.1, -0.05) is 0 Å². The van der Waals surface area contributed by atoms with Gasteiger partial charge in [0.05, 0.1) is 23.7 Å². The van der Waals surface area contributed by atoms with Crippen LogP contribution >= 0.6 is 0 Å². The van der Waals surface area contributed by atoms with Gasteiger partial charge in [-0.25, -0.2) is 8.42 Å². The zero-order chi connectivity index (χ0) is 13.2. The van der Waals surface area contributed by atoms with Crippen LogP contribution in [0.2, 0.25) is 0 Å². The SMILES string of the molecule is CC1CN(CCC2CS(=O)(=O)CCN2)CC(C)O1. The molecule has 0 bridgehead atoms. The van der Waals surface area contributed by atoms with E-state index in [1.807, 2.05) is 0 Å². The van der Waals surface area contributed by atoms with E-state index in [4.69, 9.17) is 4.74 Å². The van der Waals surface area contributed by atoms with Crippen molar-refractivity contribution < 1.29 is 13.2 Å². The first kappa shape index (κ1) is 14.2. The van der Waals surface area contributed by atoms with Crippen LogP contribution in [0.3, 0.4) is 0 Å². The van der Waals surface area contributed by atoms with Crippen molar-refractivity contribution >= 4 is 9.84 Å². The molecule has 0 radical (unpaired) electrons. The van der Waals surface area contributed by atoms with Crippen LogP contribution in [-0.4, -0.2) is 69.3 Å². The van der Waals surface area contributed by atoms with Gasteiger partial charge >= 0.3 is 0 Å². The van der Waals surface area contributed by atoms with Gasteiger partial charge in [-0.2, -0.15) is 0 Å². The number of ether oxygens (including phenoxy) is 1. The van der Waals surface area contributed by atoms with Gasteiger partial charge in [0.1, 0.15) is 0 Å². The zero-order valence-electron chi connectivity index (χ0n) is 11.3. The number of hydrogen-bond acceptors (Lipinski definition) is 5. The van der Waals surface area contributed by atoms with Gasteiger partial charge in [0, 0.05) is 25.7 Å². The van der Waals surface area contributed by atoms with E-state index < -0.39 is 9.84 Å². The summed E-state index contributed by atoms with van der Waals surface area (Å²) in [4.78, 5) is 2.38. The Labute approximate surface area is 110 Å². The highest BCUT2D eigenvalue weighted by Crippen LogP contribution is 2.12. The minimum Gasteiger partial charge on any atom is -0.373 e. The Morgan fingerprint density at radius 2 is 1.94 bits per heavy atom. The standard InChI is InChI=1S/C12H24N2O3S/c1-10-7-14(8-11(2)17-10)5-3-12-9-18(15,16)6-4-13-12/h10-13H,3-9H2,1-2H3. The summed E-state index contributed by atoms with van der Waals surface area (Å²) in [7, 11) is -2.81. The van der Waals surface area contributed by atoms with E-state index in [1.54, 1.807) is 0 Å². The zero-order valence-corrected chi connectivity index (χ0v) is 12.1. The largest absolute Gasteiger partial charge is 0.373 e. The first-order valence-corrected chi connectivity index (χ1v) is 8.58. The van der Waals surface area contributed by atoms with Crippen LogP contribution in [0.4, 0.5) is 0 Å². The summed E-state index contributed by atoms with van der Waals surface area (Å²) in [6, 6.07) is 0.122. The fourth-order valence-electron chi connectivity index (χ4n) is 2.86. The molecule has 0 aromatic heterocycles. The van der Waals surface area contributed by atoms with Gasteiger partial charge in [0.25, 0.3) is 0 Å². The molecule has 2 fully saturated rings. The van der Waals surface area contributed by atoms with Crippen LogP contribution in [0.1, 0.15) is 20.3 Å². The van der Waals surface area contributed by atoms with Crippen LogP contribution < -0.4 is 5.32 Å².